The van der Waals surface area contributed by atoms with Crippen molar-refractivity contribution >= 4 is 32.6 Å². The van der Waals surface area contributed by atoms with Crippen molar-refractivity contribution in [1.29, 1.82) is 0 Å². The Morgan fingerprint density at radius 1 is 1.05 bits per heavy atom. The van der Waals surface area contributed by atoms with Crippen LogP contribution in [0.4, 0.5) is 10.1 Å². The van der Waals surface area contributed by atoms with Crippen molar-refractivity contribution in [2.75, 3.05) is 10.8 Å². The first-order valence-corrected chi connectivity index (χ1v) is 7.75. The van der Waals surface area contributed by atoms with Crippen molar-refractivity contribution in [2.45, 2.75) is 4.90 Å². The molecule has 0 aliphatic rings. The number of hydrogen-bond donors (Lipinski definition) is 0. The van der Waals surface area contributed by atoms with Crippen LogP contribution < -0.4 is 4.31 Å². The van der Waals surface area contributed by atoms with E-state index in [0.717, 1.165) is 6.07 Å². The topological polar surface area (TPSA) is 54.5 Å². The van der Waals surface area contributed by atoms with Crippen LogP contribution in [0, 0.1) is 5.82 Å². The highest BCUT2D eigenvalue weighted by Gasteiger charge is 2.28. The third kappa shape index (κ3) is 3.40. The quantitative estimate of drug-likeness (QED) is 0.793. The Labute approximate surface area is 126 Å². The molecule has 4 nitrogen and oxygen atoms in total. The maximum absolute atomic E-state index is 13.9. The molecule has 0 aliphatic heterocycles. The van der Waals surface area contributed by atoms with Crippen molar-refractivity contribution < 1.29 is 17.6 Å². The van der Waals surface area contributed by atoms with Crippen LogP contribution in [-0.4, -0.2) is 20.2 Å². The maximum atomic E-state index is 13.9. The van der Waals surface area contributed by atoms with Crippen LogP contribution in [0.2, 0.25) is 0 Å². The fraction of sp³-hybridized carbons (Fsp3) is 0.0714. The van der Waals surface area contributed by atoms with E-state index in [1.165, 1.54) is 42.5 Å². The molecule has 0 radical (unpaired) electrons. The van der Waals surface area contributed by atoms with E-state index in [4.69, 9.17) is 11.6 Å². The Morgan fingerprint density at radius 3 is 2.19 bits per heavy atom. The van der Waals surface area contributed by atoms with Crippen LogP contribution in [0.15, 0.2) is 59.5 Å². The summed E-state index contributed by atoms with van der Waals surface area (Å²) in [5.41, 5.74) is -0.227. The summed E-state index contributed by atoms with van der Waals surface area (Å²) in [6.07, 6.45) is 0. The minimum atomic E-state index is -4.08. The largest absolute Gasteiger partial charge is 0.279 e. The van der Waals surface area contributed by atoms with E-state index in [9.17, 15) is 17.6 Å². The lowest BCUT2D eigenvalue weighted by Gasteiger charge is -2.23. The molecule has 110 valence electrons. The molecule has 0 bridgehead atoms. The number of benzene rings is 2. The van der Waals surface area contributed by atoms with Crippen LogP contribution in [0.3, 0.4) is 0 Å². The number of carbonyl (C=O) groups is 1. The van der Waals surface area contributed by atoms with Crippen LogP contribution in [0.5, 0.6) is 0 Å². The molecule has 2 rings (SSSR count). The molecular weight excluding hydrogens is 317 g/mol. The van der Waals surface area contributed by atoms with Crippen molar-refractivity contribution in [2.24, 2.45) is 0 Å². The molecule has 0 N–H and O–H groups in total. The van der Waals surface area contributed by atoms with Gasteiger partial charge in [-0.3, -0.25) is 9.10 Å². The summed E-state index contributed by atoms with van der Waals surface area (Å²) in [6.45, 7) is -0.653. The summed E-state index contributed by atoms with van der Waals surface area (Å²) in [5, 5.41) is -0.905. The van der Waals surface area contributed by atoms with Crippen LogP contribution in [-0.2, 0) is 14.8 Å². The molecule has 7 heteroatoms. The molecular formula is C14H11ClFNO3S. The Hall–Kier alpha value is -1.92. The minimum absolute atomic E-state index is 0.0498. The van der Waals surface area contributed by atoms with Crippen LogP contribution in [0.1, 0.15) is 0 Å². The summed E-state index contributed by atoms with van der Waals surface area (Å²) >= 11 is 5.30. The third-order valence-corrected chi connectivity index (χ3v) is 4.61. The Morgan fingerprint density at radius 2 is 1.62 bits per heavy atom. The minimum Gasteiger partial charge on any atom is -0.279 e. The van der Waals surface area contributed by atoms with Crippen molar-refractivity contribution in [3.63, 3.8) is 0 Å². The second-order valence-corrected chi connectivity index (χ2v) is 6.42. The van der Waals surface area contributed by atoms with Gasteiger partial charge in [0.1, 0.15) is 12.4 Å². The summed E-state index contributed by atoms with van der Waals surface area (Å²) < 4.78 is 39.7. The molecule has 0 saturated carbocycles. The highest BCUT2D eigenvalue weighted by molar-refractivity contribution is 7.92. The molecule has 0 saturated heterocycles. The second kappa shape index (κ2) is 6.24. The van der Waals surface area contributed by atoms with Gasteiger partial charge in [-0.2, -0.15) is 0 Å². The average molecular weight is 328 g/mol. The van der Waals surface area contributed by atoms with E-state index in [2.05, 4.69) is 0 Å². The van der Waals surface area contributed by atoms with Gasteiger partial charge in [0.15, 0.2) is 0 Å². The van der Waals surface area contributed by atoms with Gasteiger partial charge >= 0.3 is 0 Å². The summed E-state index contributed by atoms with van der Waals surface area (Å²) in [4.78, 5) is 11.1. The van der Waals surface area contributed by atoms with E-state index in [-0.39, 0.29) is 10.6 Å². The number of anilines is 1. The lowest BCUT2D eigenvalue weighted by Crippen LogP contribution is -2.35. The Bertz CT molecular complexity index is 750. The number of para-hydroxylation sites is 1. The van der Waals surface area contributed by atoms with Gasteiger partial charge in [0.25, 0.3) is 10.0 Å². The zero-order valence-electron chi connectivity index (χ0n) is 10.7. The molecule has 0 aliphatic carbocycles. The van der Waals surface area contributed by atoms with Gasteiger partial charge in [-0.05, 0) is 35.9 Å². The van der Waals surface area contributed by atoms with Gasteiger partial charge in [-0.15, -0.1) is 0 Å². The number of nitrogens with zero attached hydrogens (tertiary/aromatic N) is 1. The predicted molar refractivity (Wildman–Crippen MR) is 78.2 cm³/mol. The fourth-order valence-electron chi connectivity index (χ4n) is 1.79. The van der Waals surface area contributed by atoms with Gasteiger partial charge in [-0.1, -0.05) is 30.3 Å². The van der Waals surface area contributed by atoms with Gasteiger partial charge < -0.3 is 0 Å². The monoisotopic (exact) mass is 327 g/mol. The lowest BCUT2D eigenvalue weighted by molar-refractivity contribution is -0.110. The van der Waals surface area contributed by atoms with E-state index >= 15 is 0 Å². The third-order valence-electron chi connectivity index (χ3n) is 2.72. The highest BCUT2D eigenvalue weighted by atomic mass is 35.5. The van der Waals surface area contributed by atoms with Gasteiger partial charge in [0, 0.05) is 0 Å². The highest BCUT2D eigenvalue weighted by Crippen LogP contribution is 2.26. The SMILES string of the molecule is O=C(Cl)CN(c1ccccc1F)S(=O)(=O)c1ccccc1. The van der Waals surface area contributed by atoms with Gasteiger partial charge in [-0.25, -0.2) is 12.8 Å². The smallest absolute Gasteiger partial charge is 0.264 e. The van der Waals surface area contributed by atoms with Crippen molar-refractivity contribution in [3.8, 4) is 0 Å². The molecule has 0 spiro atoms. The Balaban J connectivity index is 2.56. The average Bonchev–Trinajstić information content (AvgIpc) is 2.46. The fourth-order valence-corrected chi connectivity index (χ4v) is 3.43. The van der Waals surface area contributed by atoms with E-state index in [1.54, 1.807) is 6.07 Å². The number of sulfonamides is 1. The lowest BCUT2D eigenvalue weighted by atomic mass is 10.3. The molecule has 2 aromatic rings. The molecule has 0 amide bonds. The van der Waals surface area contributed by atoms with E-state index in [0.29, 0.717) is 4.31 Å². The summed E-state index contributed by atoms with van der Waals surface area (Å²) in [5.74, 6) is -0.755. The van der Waals surface area contributed by atoms with Gasteiger partial charge in [0.05, 0.1) is 10.6 Å². The molecule has 0 atom stereocenters. The number of rotatable bonds is 5. The number of carbonyl (C=O) groups excluding carboxylic acids is 1. The molecule has 0 unspecified atom stereocenters. The van der Waals surface area contributed by atoms with Crippen LogP contribution in [0.25, 0.3) is 0 Å². The summed E-state index contributed by atoms with van der Waals surface area (Å²) in [7, 11) is -4.08. The standard InChI is InChI=1S/C14H11ClFNO3S/c15-14(18)10-17(13-9-5-4-8-12(13)16)21(19,20)11-6-2-1-3-7-11/h1-9H,10H2. The van der Waals surface area contributed by atoms with Gasteiger partial charge in [0.2, 0.25) is 5.24 Å². The summed E-state index contributed by atoms with van der Waals surface area (Å²) in [6, 6.07) is 12.7. The molecule has 21 heavy (non-hydrogen) atoms. The Kier molecular flexibility index (Phi) is 4.59. The zero-order valence-corrected chi connectivity index (χ0v) is 12.3. The molecule has 0 heterocycles. The first kappa shape index (κ1) is 15.5. The number of hydrogen-bond acceptors (Lipinski definition) is 3. The normalized spacial score (nSPS) is 11.1. The predicted octanol–water partition coefficient (Wildman–Crippen LogP) is 2.79. The number of halogens is 2. The zero-order chi connectivity index (χ0) is 15.5. The van der Waals surface area contributed by atoms with E-state index < -0.39 is 27.6 Å². The molecule has 0 fully saturated rings. The maximum Gasteiger partial charge on any atom is 0.264 e. The second-order valence-electron chi connectivity index (χ2n) is 4.13. The molecule has 0 aromatic heterocycles. The molecule has 2 aromatic carbocycles. The van der Waals surface area contributed by atoms with Crippen LogP contribution >= 0.6 is 11.6 Å². The van der Waals surface area contributed by atoms with E-state index in [1.807, 2.05) is 0 Å². The van der Waals surface area contributed by atoms with Crippen molar-refractivity contribution in [3.05, 3.63) is 60.4 Å². The van der Waals surface area contributed by atoms with Crippen molar-refractivity contribution in [1.82, 2.24) is 0 Å². The first-order chi connectivity index (χ1) is 9.93. The first-order valence-electron chi connectivity index (χ1n) is 5.93.